The number of ether oxygens (including phenoxy) is 1. The van der Waals surface area contributed by atoms with Crippen LogP contribution >= 0.6 is 15.9 Å². The van der Waals surface area contributed by atoms with Gasteiger partial charge in [-0.05, 0) is 34.7 Å². The Morgan fingerprint density at radius 2 is 2.00 bits per heavy atom. The third-order valence-corrected chi connectivity index (χ3v) is 4.75. The summed E-state index contributed by atoms with van der Waals surface area (Å²) in [7, 11) is 1.89. The van der Waals surface area contributed by atoms with E-state index in [1.807, 2.05) is 11.9 Å². The van der Waals surface area contributed by atoms with Crippen molar-refractivity contribution in [3.8, 4) is 6.01 Å². The van der Waals surface area contributed by atoms with Crippen molar-refractivity contribution in [2.75, 3.05) is 33.2 Å². The van der Waals surface area contributed by atoms with Crippen molar-refractivity contribution in [2.24, 2.45) is 5.92 Å². The molecule has 6 nitrogen and oxygen atoms in total. The molecule has 1 atom stereocenters. The average molecular weight is 369 g/mol. The molecule has 7 heteroatoms. The second-order valence-corrected chi connectivity index (χ2v) is 7.06. The molecule has 0 N–H and O–H groups in total. The standard InChI is InChI=1S/C15H21BrN4O2/c1-19-9-11(6-14(19)21)10-20-4-2-13(3-5-20)22-15-17-7-12(16)8-18-15/h7-8,11,13H,2-6,9-10H2,1H3. The van der Waals surface area contributed by atoms with Gasteiger partial charge in [-0.2, -0.15) is 0 Å². The molecule has 1 aromatic heterocycles. The number of carbonyl (C=O) groups is 1. The Hall–Kier alpha value is -1.21. The average Bonchev–Trinajstić information content (AvgIpc) is 2.82. The maximum atomic E-state index is 11.6. The number of hydrogen-bond donors (Lipinski definition) is 0. The highest BCUT2D eigenvalue weighted by atomic mass is 79.9. The zero-order valence-electron chi connectivity index (χ0n) is 12.7. The predicted octanol–water partition coefficient (Wildman–Crippen LogP) is 1.56. The van der Waals surface area contributed by atoms with Gasteiger partial charge < -0.3 is 14.5 Å². The maximum Gasteiger partial charge on any atom is 0.316 e. The number of piperidine rings is 1. The number of nitrogens with zero attached hydrogens (tertiary/aromatic N) is 4. The molecule has 22 heavy (non-hydrogen) atoms. The van der Waals surface area contributed by atoms with Gasteiger partial charge in [0.25, 0.3) is 0 Å². The van der Waals surface area contributed by atoms with E-state index in [2.05, 4.69) is 30.8 Å². The van der Waals surface area contributed by atoms with Crippen LogP contribution < -0.4 is 4.74 Å². The molecule has 2 fully saturated rings. The summed E-state index contributed by atoms with van der Waals surface area (Å²) in [5.41, 5.74) is 0. The summed E-state index contributed by atoms with van der Waals surface area (Å²) in [4.78, 5) is 24.2. The molecule has 1 amide bonds. The fourth-order valence-electron chi connectivity index (χ4n) is 3.16. The third kappa shape index (κ3) is 3.95. The topological polar surface area (TPSA) is 58.6 Å². The van der Waals surface area contributed by atoms with Gasteiger partial charge in [-0.1, -0.05) is 0 Å². The first kappa shape index (κ1) is 15.7. The smallest absolute Gasteiger partial charge is 0.316 e. The monoisotopic (exact) mass is 368 g/mol. The largest absolute Gasteiger partial charge is 0.460 e. The molecule has 3 rings (SSSR count). The molecule has 1 unspecified atom stereocenters. The van der Waals surface area contributed by atoms with E-state index in [0.717, 1.165) is 43.5 Å². The Morgan fingerprint density at radius 1 is 1.32 bits per heavy atom. The minimum absolute atomic E-state index is 0.185. The summed E-state index contributed by atoms with van der Waals surface area (Å²) >= 11 is 3.31. The summed E-state index contributed by atoms with van der Waals surface area (Å²) in [5, 5.41) is 0. The van der Waals surface area contributed by atoms with E-state index in [9.17, 15) is 4.79 Å². The van der Waals surface area contributed by atoms with Crippen molar-refractivity contribution in [1.29, 1.82) is 0 Å². The summed E-state index contributed by atoms with van der Waals surface area (Å²) in [6, 6.07) is 0.449. The van der Waals surface area contributed by atoms with Crippen molar-refractivity contribution < 1.29 is 9.53 Å². The summed E-state index contributed by atoms with van der Waals surface area (Å²) in [6.45, 7) is 3.92. The Labute approximate surface area is 139 Å². The summed E-state index contributed by atoms with van der Waals surface area (Å²) in [5.74, 6) is 0.750. The third-order valence-electron chi connectivity index (χ3n) is 4.34. The van der Waals surface area contributed by atoms with Crippen molar-refractivity contribution in [2.45, 2.75) is 25.4 Å². The van der Waals surface area contributed by atoms with Crippen LogP contribution in [0, 0.1) is 5.92 Å². The van der Waals surface area contributed by atoms with Crippen LogP contribution in [0.2, 0.25) is 0 Å². The Morgan fingerprint density at radius 3 is 2.59 bits per heavy atom. The van der Waals surface area contributed by atoms with Crippen LogP contribution in [0.5, 0.6) is 6.01 Å². The molecule has 0 radical (unpaired) electrons. The molecular formula is C15H21BrN4O2. The van der Waals surface area contributed by atoms with E-state index in [1.165, 1.54) is 0 Å². The van der Waals surface area contributed by atoms with Crippen LogP contribution in [-0.2, 0) is 4.79 Å². The van der Waals surface area contributed by atoms with E-state index in [0.29, 0.717) is 18.3 Å². The van der Waals surface area contributed by atoms with Crippen molar-refractivity contribution >= 4 is 21.8 Å². The Kier molecular flexibility index (Phi) is 4.93. The van der Waals surface area contributed by atoms with Gasteiger partial charge in [-0.25, -0.2) is 9.97 Å². The summed E-state index contributed by atoms with van der Waals surface area (Å²) < 4.78 is 6.68. The van der Waals surface area contributed by atoms with E-state index >= 15 is 0 Å². The molecular weight excluding hydrogens is 348 g/mol. The van der Waals surface area contributed by atoms with Crippen LogP contribution in [0.1, 0.15) is 19.3 Å². The van der Waals surface area contributed by atoms with Crippen LogP contribution in [0.25, 0.3) is 0 Å². The molecule has 0 aromatic carbocycles. The lowest BCUT2D eigenvalue weighted by atomic mass is 10.0. The van der Waals surface area contributed by atoms with Crippen LogP contribution in [-0.4, -0.2) is 65.0 Å². The SMILES string of the molecule is CN1CC(CN2CCC(Oc3ncc(Br)cn3)CC2)CC1=O. The van der Waals surface area contributed by atoms with Gasteiger partial charge in [-0.15, -0.1) is 0 Å². The number of carbonyl (C=O) groups excluding carboxylic acids is 1. The highest BCUT2D eigenvalue weighted by Gasteiger charge is 2.30. The highest BCUT2D eigenvalue weighted by molar-refractivity contribution is 9.10. The van der Waals surface area contributed by atoms with Gasteiger partial charge in [0, 0.05) is 52.0 Å². The maximum absolute atomic E-state index is 11.6. The molecule has 120 valence electrons. The zero-order chi connectivity index (χ0) is 15.5. The number of hydrogen-bond acceptors (Lipinski definition) is 5. The number of likely N-dealkylation sites (tertiary alicyclic amines) is 2. The molecule has 3 heterocycles. The van der Waals surface area contributed by atoms with E-state index in [1.54, 1.807) is 12.4 Å². The molecule has 1 aromatic rings. The molecule has 2 saturated heterocycles. The van der Waals surface area contributed by atoms with Gasteiger partial charge in [0.15, 0.2) is 0 Å². The van der Waals surface area contributed by atoms with Crippen LogP contribution in [0.3, 0.4) is 0 Å². The second-order valence-electron chi connectivity index (χ2n) is 6.15. The first-order valence-electron chi connectivity index (χ1n) is 7.70. The molecule has 0 saturated carbocycles. The summed E-state index contributed by atoms with van der Waals surface area (Å²) in [6.07, 6.45) is 6.24. The van der Waals surface area contributed by atoms with Gasteiger partial charge in [0.2, 0.25) is 5.91 Å². The quantitative estimate of drug-likeness (QED) is 0.806. The zero-order valence-corrected chi connectivity index (χ0v) is 14.3. The normalized spacial score (nSPS) is 24.0. The van der Waals surface area contributed by atoms with Crippen LogP contribution in [0.15, 0.2) is 16.9 Å². The molecule has 2 aliphatic rings. The van der Waals surface area contributed by atoms with Crippen LogP contribution in [0.4, 0.5) is 0 Å². The number of rotatable bonds is 4. The lowest BCUT2D eigenvalue weighted by Gasteiger charge is -2.32. The molecule has 0 bridgehead atoms. The first-order valence-corrected chi connectivity index (χ1v) is 8.50. The Balaban J connectivity index is 1.42. The fourth-order valence-corrected chi connectivity index (χ4v) is 3.37. The minimum Gasteiger partial charge on any atom is -0.460 e. The number of halogens is 1. The predicted molar refractivity (Wildman–Crippen MR) is 85.6 cm³/mol. The lowest BCUT2D eigenvalue weighted by molar-refractivity contribution is -0.126. The van der Waals surface area contributed by atoms with Crippen molar-refractivity contribution in [1.82, 2.24) is 19.8 Å². The minimum atomic E-state index is 0.185. The second kappa shape index (κ2) is 6.91. The van der Waals surface area contributed by atoms with Crippen molar-refractivity contribution in [3.05, 3.63) is 16.9 Å². The fraction of sp³-hybridized carbons (Fsp3) is 0.667. The molecule has 2 aliphatic heterocycles. The lowest BCUT2D eigenvalue weighted by Crippen LogP contribution is -2.41. The molecule has 0 spiro atoms. The molecule has 0 aliphatic carbocycles. The van der Waals surface area contributed by atoms with Gasteiger partial charge in [-0.3, -0.25) is 4.79 Å². The highest BCUT2D eigenvalue weighted by Crippen LogP contribution is 2.21. The van der Waals surface area contributed by atoms with E-state index < -0.39 is 0 Å². The van der Waals surface area contributed by atoms with E-state index in [-0.39, 0.29) is 12.0 Å². The van der Waals surface area contributed by atoms with Crippen molar-refractivity contribution in [3.63, 3.8) is 0 Å². The van der Waals surface area contributed by atoms with Gasteiger partial charge >= 0.3 is 6.01 Å². The van der Waals surface area contributed by atoms with E-state index in [4.69, 9.17) is 4.74 Å². The first-order chi connectivity index (χ1) is 10.6. The number of aromatic nitrogens is 2. The number of amides is 1. The van der Waals surface area contributed by atoms with Gasteiger partial charge in [0.05, 0.1) is 4.47 Å². The Bertz CT molecular complexity index is 517. The van der Waals surface area contributed by atoms with Gasteiger partial charge in [0.1, 0.15) is 6.10 Å².